The second-order valence-electron chi connectivity index (χ2n) is 4.89. The molecule has 2 aromatic carbocycles. The molecule has 0 fully saturated rings. The largest absolute Gasteiger partial charge is 0.497 e. The molecule has 1 amide bonds. The minimum atomic E-state index is -0.617. The summed E-state index contributed by atoms with van der Waals surface area (Å²) < 4.78 is 15.2. The zero-order valence-electron chi connectivity index (χ0n) is 12.8. The Labute approximate surface area is 137 Å². The summed E-state index contributed by atoms with van der Waals surface area (Å²) in [7, 11) is 1.54. The molecule has 0 atom stereocenters. The number of anilines is 1. The van der Waals surface area contributed by atoms with Gasteiger partial charge in [0.25, 0.3) is 5.91 Å². The molecule has 0 radical (unpaired) electrons. The second-order valence-corrected chi connectivity index (χ2v) is 4.89. The summed E-state index contributed by atoms with van der Waals surface area (Å²) in [6.07, 6.45) is 1.29. The topological polar surface area (TPSA) is 90.7 Å². The van der Waals surface area contributed by atoms with Crippen LogP contribution in [0.25, 0.3) is 11.1 Å². The van der Waals surface area contributed by atoms with Crippen molar-refractivity contribution in [2.24, 2.45) is 0 Å². The lowest BCUT2D eigenvalue weighted by molar-refractivity contribution is -0.119. The van der Waals surface area contributed by atoms with E-state index in [1.54, 1.807) is 36.4 Å². The van der Waals surface area contributed by atoms with Gasteiger partial charge >= 0.3 is 5.97 Å². The SMILES string of the molecule is COc1cccc(NC(=O)COC(=O)c2ccc3ncoc3c2)c1. The maximum Gasteiger partial charge on any atom is 0.338 e. The molecule has 1 heterocycles. The van der Waals surface area contributed by atoms with Gasteiger partial charge in [-0.1, -0.05) is 6.07 Å². The van der Waals surface area contributed by atoms with Crippen molar-refractivity contribution in [3.8, 4) is 5.75 Å². The normalized spacial score (nSPS) is 10.4. The fraction of sp³-hybridized carbons (Fsp3) is 0.118. The highest BCUT2D eigenvalue weighted by Gasteiger charge is 2.12. The zero-order chi connectivity index (χ0) is 16.9. The molecule has 0 aliphatic heterocycles. The van der Waals surface area contributed by atoms with E-state index in [0.29, 0.717) is 22.5 Å². The number of ether oxygens (including phenoxy) is 2. The molecule has 3 rings (SSSR count). The van der Waals surface area contributed by atoms with Crippen LogP contribution in [0.3, 0.4) is 0 Å². The number of oxazole rings is 1. The molecular formula is C17H14N2O5. The Hall–Kier alpha value is -3.35. The van der Waals surface area contributed by atoms with Crippen LogP contribution in [0, 0.1) is 0 Å². The smallest absolute Gasteiger partial charge is 0.338 e. The van der Waals surface area contributed by atoms with Gasteiger partial charge in [-0.15, -0.1) is 0 Å². The number of rotatable bonds is 5. The lowest BCUT2D eigenvalue weighted by atomic mass is 10.2. The molecule has 1 N–H and O–H groups in total. The molecular weight excluding hydrogens is 312 g/mol. The lowest BCUT2D eigenvalue weighted by Gasteiger charge is -2.08. The standard InChI is InChI=1S/C17H14N2O5/c1-22-13-4-2-3-12(8-13)19-16(20)9-23-17(21)11-5-6-14-15(7-11)24-10-18-14/h2-8,10H,9H2,1H3,(H,19,20). The van der Waals surface area contributed by atoms with Crippen molar-refractivity contribution in [3.05, 3.63) is 54.4 Å². The van der Waals surface area contributed by atoms with Gasteiger partial charge in [0.2, 0.25) is 0 Å². The Bertz CT molecular complexity index is 887. The second kappa shape index (κ2) is 6.82. The number of fused-ring (bicyclic) bond motifs is 1. The van der Waals surface area contributed by atoms with E-state index in [2.05, 4.69) is 10.3 Å². The summed E-state index contributed by atoms with van der Waals surface area (Å²) in [6, 6.07) is 11.6. The van der Waals surface area contributed by atoms with E-state index in [4.69, 9.17) is 13.9 Å². The van der Waals surface area contributed by atoms with Gasteiger partial charge in [-0.2, -0.15) is 0 Å². The number of carbonyl (C=O) groups is 2. The van der Waals surface area contributed by atoms with Gasteiger partial charge in [-0.05, 0) is 30.3 Å². The molecule has 3 aromatic rings. The minimum Gasteiger partial charge on any atom is -0.497 e. The van der Waals surface area contributed by atoms with Crippen LogP contribution in [-0.2, 0) is 9.53 Å². The van der Waals surface area contributed by atoms with Crippen molar-refractivity contribution in [2.45, 2.75) is 0 Å². The van der Waals surface area contributed by atoms with Gasteiger partial charge in [0.05, 0.1) is 12.7 Å². The lowest BCUT2D eigenvalue weighted by Crippen LogP contribution is -2.20. The first-order chi connectivity index (χ1) is 11.7. The molecule has 0 aliphatic rings. The number of amides is 1. The first-order valence-electron chi connectivity index (χ1n) is 7.10. The van der Waals surface area contributed by atoms with Gasteiger partial charge < -0.3 is 19.2 Å². The monoisotopic (exact) mass is 326 g/mol. The average molecular weight is 326 g/mol. The Morgan fingerprint density at radius 3 is 2.92 bits per heavy atom. The summed E-state index contributed by atoms with van der Waals surface area (Å²) in [6.45, 7) is -0.398. The molecule has 0 bridgehead atoms. The van der Waals surface area contributed by atoms with Crippen LogP contribution in [0.4, 0.5) is 5.69 Å². The summed E-state index contributed by atoms with van der Waals surface area (Å²) in [5.41, 5.74) is 1.96. The third-order valence-electron chi connectivity index (χ3n) is 3.25. The molecule has 122 valence electrons. The van der Waals surface area contributed by atoms with Crippen LogP contribution in [0.5, 0.6) is 5.75 Å². The molecule has 0 saturated heterocycles. The van der Waals surface area contributed by atoms with E-state index in [-0.39, 0.29) is 5.56 Å². The van der Waals surface area contributed by atoms with Gasteiger partial charge in [0, 0.05) is 11.8 Å². The van der Waals surface area contributed by atoms with Gasteiger partial charge in [-0.3, -0.25) is 4.79 Å². The summed E-state index contributed by atoms with van der Waals surface area (Å²) in [5.74, 6) is -0.448. The average Bonchev–Trinajstić information content (AvgIpc) is 3.07. The number of nitrogens with one attached hydrogen (secondary N) is 1. The summed E-state index contributed by atoms with van der Waals surface area (Å²) >= 11 is 0. The number of esters is 1. The van der Waals surface area contributed by atoms with E-state index >= 15 is 0 Å². The predicted octanol–water partition coefficient (Wildman–Crippen LogP) is 2.63. The van der Waals surface area contributed by atoms with Gasteiger partial charge in [0.1, 0.15) is 11.3 Å². The van der Waals surface area contributed by atoms with E-state index < -0.39 is 18.5 Å². The Morgan fingerprint density at radius 1 is 1.21 bits per heavy atom. The fourth-order valence-corrected chi connectivity index (χ4v) is 2.09. The van der Waals surface area contributed by atoms with Crippen LogP contribution in [0.15, 0.2) is 53.3 Å². The highest BCUT2D eigenvalue weighted by molar-refractivity contribution is 5.96. The highest BCUT2D eigenvalue weighted by atomic mass is 16.5. The third-order valence-corrected chi connectivity index (χ3v) is 3.25. The van der Waals surface area contributed by atoms with E-state index in [0.717, 1.165) is 0 Å². The number of methoxy groups -OCH3 is 1. The summed E-state index contributed by atoms with van der Waals surface area (Å²) in [4.78, 5) is 27.8. The minimum absolute atomic E-state index is 0.286. The quantitative estimate of drug-likeness (QED) is 0.725. The number of benzene rings is 2. The highest BCUT2D eigenvalue weighted by Crippen LogP contribution is 2.17. The molecule has 7 nitrogen and oxygen atoms in total. The predicted molar refractivity (Wildman–Crippen MR) is 85.9 cm³/mol. The molecule has 7 heteroatoms. The van der Waals surface area contributed by atoms with E-state index in [1.807, 2.05) is 0 Å². The van der Waals surface area contributed by atoms with Crippen molar-refractivity contribution in [1.29, 1.82) is 0 Å². The zero-order valence-corrected chi connectivity index (χ0v) is 12.8. The molecule has 0 unspecified atom stereocenters. The molecule has 24 heavy (non-hydrogen) atoms. The van der Waals surface area contributed by atoms with Crippen molar-refractivity contribution in [3.63, 3.8) is 0 Å². The Morgan fingerprint density at radius 2 is 2.08 bits per heavy atom. The maximum atomic E-state index is 12.0. The van der Waals surface area contributed by atoms with Crippen LogP contribution < -0.4 is 10.1 Å². The first-order valence-corrected chi connectivity index (χ1v) is 7.10. The number of hydrogen-bond acceptors (Lipinski definition) is 6. The van der Waals surface area contributed by atoms with Crippen molar-refractivity contribution in [2.75, 3.05) is 19.0 Å². The number of carbonyl (C=O) groups excluding carboxylic acids is 2. The number of nitrogens with zero attached hydrogens (tertiary/aromatic N) is 1. The molecule has 0 spiro atoms. The Balaban J connectivity index is 1.57. The van der Waals surface area contributed by atoms with Crippen LogP contribution in [-0.4, -0.2) is 30.6 Å². The van der Waals surface area contributed by atoms with Crippen molar-refractivity contribution in [1.82, 2.24) is 4.98 Å². The van der Waals surface area contributed by atoms with Crippen molar-refractivity contribution < 1.29 is 23.5 Å². The number of aromatic nitrogens is 1. The van der Waals surface area contributed by atoms with Gasteiger partial charge in [0.15, 0.2) is 18.6 Å². The summed E-state index contributed by atoms with van der Waals surface area (Å²) in [5, 5.41) is 2.62. The Kier molecular flexibility index (Phi) is 4.42. The molecule has 0 aliphatic carbocycles. The van der Waals surface area contributed by atoms with Crippen LogP contribution in [0.1, 0.15) is 10.4 Å². The number of hydrogen-bond donors (Lipinski definition) is 1. The fourth-order valence-electron chi connectivity index (χ4n) is 2.09. The molecule has 0 saturated carbocycles. The van der Waals surface area contributed by atoms with Gasteiger partial charge in [-0.25, -0.2) is 9.78 Å². The van der Waals surface area contributed by atoms with E-state index in [9.17, 15) is 9.59 Å². The van der Waals surface area contributed by atoms with Crippen molar-refractivity contribution >= 4 is 28.7 Å². The third kappa shape index (κ3) is 3.52. The first kappa shape index (κ1) is 15.5. The van der Waals surface area contributed by atoms with E-state index in [1.165, 1.54) is 19.6 Å². The molecule has 1 aromatic heterocycles. The van der Waals surface area contributed by atoms with Crippen LogP contribution in [0.2, 0.25) is 0 Å². The van der Waals surface area contributed by atoms with Crippen LogP contribution >= 0.6 is 0 Å². The maximum absolute atomic E-state index is 12.0.